The fourth-order valence-corrected chi connectivity index (χ4v) is 2.64. The molecule has 1 aromatic heterocycles. The van der Waals surface area contributed by atoms with Gasteiger partial charge in [0.05, 0.1) is 18.4 Å². The van der Waals surface area contributed by atoms with E-state index in [1.165, 1.54) is 0 Å². The van der Waals surface area contributed by atoms with E-state index < -0.39 is 0 Å². The Labute approximate surface area is 128 Å². The molecule has 0 N–H and O–H groups in total. The van der Waals surface area contributed by atoms with Crippen LogP contribution in [0.4, 0.5) is 5.95 Å². The van der Waals surface area contributed by atoms with Crippen LogP contribution in [0.15, 0.2) is 30.3 Å². The molecule has 2 heterocycles. The van der Waals surface area contributed by atoms with E-state index in [2.05, 4.69) is 20.4 Å². The number of hydrogen-bond acceptors (Lipinski definition) is 5. The molecule has 2 aromatic rings. The summed E-state index contributed by atoms with van der Waals surface area (Å²) in [6, 6.07) is 9.93. The number of para-hydroxylation sites is 1. The number of anilines is 1. The van der Waals surface area contributed by atoms with Gasteiger partial charge in [-0.1, -0.05) is 23.3 Å². The maximum Gasteiger partial charge on any atom is 0.250 e. The number of benzene rings is 1. The number of nitrogens with zero attached hydrogens (tertiary/aromatic N) is 5. The van der Waals surface area contributed by atoms with Gasteiger partial charge < -0.3 is 9.64 Å². The van der Waals surface area contributed by atoms with Crippen LogP contribution in [0.5, 0.6) is 0 Å². The smallest absolute Gasteiger partial charge is 0.250 e. The van der Waals surface area contributed by atoms with E-state index >= 15 is 0 Å². The molecule has 0 saturated carbocycles. The van der Waals surface area contributed by atoms with Gasteiger partial charge in [0, 0.05) is 19.0 Å². The second kappa shape index (κ2) is 6.87. The molecule has 0 aliphatic carbocycles. The van der Waals surface area contributed by atoms with E-state index in [4.69, 9.17) is 16.3 Å². The number of halogens is 1. The second-order valence-corrected chi connectivity index (χ2v) is 5.35. The number of tetrazole rings is 1. The summed E-state index contributed by atoms with van der Waals surface area (Å²) in [5.74, 6) is 1.34. The molecule has 0 atom stereocenters. The zero-order valence-electron chi connectivity index (χ0n) is 11.7. The summed E-state index contributed by atoms with van der Waals surface area (Å²) in [5, 5.41) is 12.1. The van der Waals surface area contributed by atoms with Crippen LogP contribution in [0.2, 0.25) is 0 Å². The number of alkyl halides is 1. The molecule has 1 aliphatic rings. The molecule has 1 fully saturated rings. The van der Waals surface area contributed by atoms with Gasteiger partial charge in [-0.2, -0.15) is 4.68 Å². The standard InChI is InChI=1S/C14H18ClN5O/c15-8-11-21-13-6-9-19(10-7-13)14-16-17-18-20(14)12-4-2-1-3-5-12/h1-5,13H,6-11H2. The summed E-state index contributed by atoms with van der Waals surface area (Å²) in [5.41, 5.74) is 0.970. The van der Waals surface area contributed by atoms with Gasteiger partial charge in [-0.05, 0) is 35.4 Å². The molecule has 1 aliphatic heterocycles. The topological polar surface area (TPSA) is 56.1 Å². The van der Waals surface area contributed by atoms with Gasteiger partial charge in [0.1, 0.15) is 0 Å². The van der Waals surface area contributed by atoms with Crippen LogP contribution in [0.1, 0.15) is 12.8 Å². The van der Waals surface area contributed by atoms with Gasteiger partial charge in [0.25, 0.3) is 0 Å². The van der Waals surface area contributed by atoms with Crippen LogP contribution >= 0.6 is 11.6 Å². The third-order valence-corrected chi connectivity index (χ3v) is 3.76. The Bertz CT molecular complexity index is 554. The average molecular weight is 308 g/mol. The van der Waals surface area contributed by atoms with Crippen molar-refractivity contribution in [2.24, 2.45) is 0 Å². The van der Waals surface area contributed by atoms with Crippen molar-refractivity contribution < 1.29 is 4.74 Å². The van der Waals surface area contributed by atoms with Crippen molar-refractivity contribution in [1.29, 1.82) is 0 Å². The Morgan fingerprint density at radius 1 is 1.19 bits per heavy atom. The summed E-state index contributed by atoms with van der Waals surface area (Å²) in [4.78, 5) is 2.20. The molecule has 7 heteroatoms. The fourth-order valence-electron chi connectivity index (χ4n) is 2.55. The van der Waals surface area contributed by atoms with Crippen molar-refractivity contribution in [3.05, 3.63) is 30.3 Å². The monoisotopic (exact) mass is 307 g/mol. The first-order chi connectivity index (χ1) is 10.4. The number of rotatable bonds is 5. The molecule has 0 spiro atoms. The first kappa shape index (κ1) is 14.3. The minimum absolute atomic E-state index is 0.293. The van der Waals surface area contributed by atoms with E-state index in [9.17, 15) is 0 Å². The molecular formula is C14H18ClN5O. The average Bonchev–Trinajstić information content (AvgIpc) is 3.04. The molecule has 3 rings (SSSR count). The Morgan fingerprint density at radius 3 is 2.67 bits per heavy atom. The fraction of sp³-hybridized carbons (Fsp3) is 0.500. The highest BCUT2D eigenvalue weighted by atomic mass is 35.5. The van der Waals surface area contributed by atoms with Gasteiger partial charge in [-0.3, -0.25) is 0 Å². The maximum atomic E-state index is 5.70. The summed E-state index contributed by atoms with van der Waals surface area (Å²) in [6.45, 7) is 2.40. The molecule has 0 unspecified atom stereocenters. The lowest BCUT2D eigenvalue weighted by molar-refractivity contribution is 0.0469. The molecule has 0 bridgehead atoms. The highest BCUT2D eigenvalue weighted by molar-refractivity contribution is 6.17. The van der Waals surface area contributed by atoms with E-state index in [0.29, 0.717) is 18.6 Å². The largest absolute Gasteiger partial charge is 0.377 e. The van der Waals surface area contributed by atoms with Crippen molar-refractivity contribution in [3.8, 4) is 5.69 Å². The van der Waals surface area contributed by atoms with Gasteiger partial charge >= 0.3 is 0 Å². The van der Waals surface area contributed by atoms with Gasteiger partial charge in [-0.25, -0.2) is 0 Å². The van der Waals surface area contributed by atoms with Crippen LogP contribution in [0, 0.1) is 0 Å². The SMILES string of the molecule is ClCCOC1CCN(c2nnnn2-c2ccccc2)CC1. The lowest BCUT2D eigenvalue weighted by Gasteiger charge is -2.31. The van der Waals surface area contributed by atoms with Crippen molar-refractivity contribution in [2.75, 3.05) is 30.5 Å². The third-order valence-electron chi connectivity index (χ3n) is 3.61. The van der Waals surface area contributed by atoms with Crippen LogP contribution < -0.4 is 4.90 Å². The molecular weight excluding hydrogens is 290 g/mol. The van der Waals surface area contributed by atoms with Crippen LogP contribution in [-0.2, 0) is 4.74 Å². The van der Waals surface area contributed by atoms with Gasteiger partial charge in [0.15, 0.2) is 0 Å². The number of ether oxygens (including phenoxy) is 1. The molecule has 1 aromatic carbocycles. The third kappa shape index (κ3) is 3.33. The van der Waals surface area contributed by atoms with E-state index in [-0.39, 0.29) is 0 Å². The number of aromatic nitrogens is 4. The normalized spacial score (nSPS) is 16.3. The zero-order valence-corrected chi connectivity index (χ0v) is 12.5. The first-order valence-corrected chi connectivity index (χ1v) is 7.68. The highest BCUT2D eigenvalue weighted by Gasteiger charge is 2.23. The van der Waals surface area contributed by atoms with Crippen molar-refractivity contribution >= 4 is 17.5 Å². The minimum Gasteiger partial charge on any atom is -0.377 e. The quantitative estimate of drug-likeness (QED) is 0.790. The van der Waals surface area contributed by atoms with E-state index in [1.807, 2.05) is 30.3 Å². The Balaban J connectivity index is 1.68. The number of hydrogen-bond donors (Lipinski definition) is 0. The molecule has 0 radical (unpaired) electrons. The second-order valence-electron chi connectivity index (χ2n) is 4.97. The van der Waals surface area contributed by atoms with Crippen molar-refractivity contribution in [2.45, 2.75) is 18.9 Å². The molecule has 112 valence electrons. The minimum atomic E-state index is 0.293. The zero-order chi connectivity index (χ0) is 14.5. The summed E-state index contributed by atoms with van der Waals surface area (Å²) >= 11 is 5.65. The first-order valence-electron chi connectivity index (χ1n) is 7.15. The predicted octanol–water partition coefficient (Wildman–Crippen LogP) is 1.89. The van der Waals surface area contributed by atoms with E-state index in [0.717, 1.165) is 37.6 Å². The Morgan fingerprint density at radius 2 is 1.95 bits per heavy atom. The van der Waals surface area contributed by atoms with E-state index in [1.54, 1.807) is 4.68 Å². The predicted molar refractivity (Wildman–Crippen MR) is 81.1 cm³/mol. The summed E-state index contributed by atoms with van der Waals surface area (Å²) < 4.78 is 7.47. The van der Waals surface area contributed by atoms with Gasteiger partial charge in [-0.15, -0.1) is 11.6 Å². The lowest BCUT2D eigenvalue weighted by atomic mass is 10.1. The summed E-state index contributed by atoms with van der Waals surface area (Å²) in [7, 11) is 0. The van der Waals surface area contributed by atoms with Gasteiger partial charge in [0.2, 0.25) is 5.95 Å². The van der Waals surface area contributed by atoms with Crippen LogP contribution in [0.25, 0.3) is 5.69 Å². The molecule has 0 amide bonds. The number of piperidine rings is 1. The van der Waals surface area contributed by atoms with Crippen LogP contribution in [0.3, 0.4) is 0 Å². The van der Waals surface area contributed by atoms with Crippen LogP contribution in [-0.4, -0.2) is 51.9 Å². The highest BCUT2D eigenvalue weighted by Crippen LogP contribution is 2.21. The van der Waals surface area contributed by atoms with Crippen molar-refractivity contribution in [1.82, 2.24) is 20.2 Å². The summed E-state index contributed by atoms with van der Waals surface area (Å²) in [6.07, 6.45) is 2.23. The Hall–Kier alpha value is -1.66. The molecule has 21 heavy (non-hydrogen) atoms. The lowest BCUT2D eigenvalue weighted by Crippen LogP contribution is -2.38. The maximum absolute atomic E-state index is 5.70. The molecule has 1 saturated heterocycles. The molecule has 6 nitrogen and oxygen atoms in total. The Kier molecular flexibility index (Phi) is 4.67. The van der Waals surface area contributed by atoms with Crippen molar-refractivity contribution in [3.63, 3.8) is 0 Å².